The van der Waals surface area contributed by atoms with E-state index in [1.54, 1.807) is 16.6 Å². The maximum Gasteiger partial charge on any atom is 0.266 e. The van der Waals surface area contributed by atoms with Gasteiger partial charge in [0.2, 0.25) is 5.91 Å². The average Bonchev–Trinajstić information content (AvgIpc) is 3.22. The molecule has 1 aromatic carbocycles. The summed E-state index contributed by atoms with van der Waals surface area (Å²) in [6, 6.07) is 7.11. The highest BCUT2D eigenvalue weighted by Crippen LogP contribution is 2.37. The first-order valence-electron chi connectivity index (χ1n) is 8.25. The number of nitrogens with zero attached hydrogens (tertiary/aromatic N) is 2. The summed E-state index contributed by atoms with van der Waals surface area (Å²) in [4.78, 5) is 33.7. The molecule has 1 fully saturated rings. The normalized spacial score (nSPS) is 21.4. The van der Waals surface area contributed by atoms with Crippen LogP contribution in [0, 0.1) is 6.92 Å². The van der Waals surface area contributed by atoms with E-state index in [-0.39, 0.29) is 12.3 Å². The smallest absolute Gasteiger partial charge is 0.266 e. The van der Waals surface area contributed by atoms with Crippen LogP contribution in [0.1, 0.15) is 30.2 Å². The summed E-state index contributed by atoms with van der Waals surface area (Å²) < 4.78 is 0. The van der Waals surface area contributed by atoms with Gasteiger partial charge in [0.25, 0.3) is 5.91 Å². The molecule has 0 bridgehead atoms. The Morgan fingerprint density at radius 2 is 2.16 bits per heavy atom. The number of carbonyl (C=O) groups is 2. The summed E-state index contributed by atoms with van der Waals surface area (Å²) in [5, 5.41) is 9.09. The Morgan fingerprint density at radius 1 is 1.44 bits per heavy atom. The summed E-state index contributed by atoms with van der Waals surface area (Å²) in [6.07, 6.45) is 4.01. The number of hydroxylamine groups is 1. The van der Waals surface area contributed by atoms with Gasteiger partial charge in [-0.3, -0.25) is 14.8 Å². The first-order chi connectivity index (χ1) is 12.0. The van der Waals surface area contributed by atoms with Crippen LogP contribution in [0.25, 0.3) is 0 Å². The molecule has 3 rings (SSSR count). The van der Waals surface area contributed by atoms with Crippen molar-refractivity contribution in [1.82, 2.24) is 20.3 Å². The van der Waals surface area contributed by atoms with Gasteiger partial charge >= 0.3 is 0 Å². The predicted octanol–water partition coefficient (Wildman–Crippen LogP) is 1.32. The van der Waals surface area contributed by atoms with Crippen LogP contribution in [0.2, 0.25) is 0 Å². The number of aryl methyl sites for hydroxylation is 1. The van der Waals surface area contributed by atoms with Gasteiger partial charge in [-0.05, 0) is 25.8 Å². The molecule has 1 saturated heterocycles. The molecule has 2 aromatic rings. The summed E-state index contributed by atoms with van der Waals surface area (Å²) >= 11 is 0. The molecule has 7 heteroatoms. The number of benzene rings is 1. The third-order valence-corrected chi connectivity index (χ3v) is 5.03. The van der Waals surface area contributed by atoms with Crippen molar-refractivity contribution in [2.75, 3.05) is 6.54 Å². The molecule has 7 nitrogen and oxygen atoms in total. The average molecular weight is 342 g/mol. The zero-order valence-corrected chi connectivity index (χ0v) is 14.3. The quantitative estimate of drug-likeness (QED) is 0.564. The van der Waals surface area contributed by atoms with E-state index in [9.17, 15) is 9.59 Å². The molecule has 132 valence electrons. The Hall–Kier alpha value is -2.67. The van der Waals surface area contributed by atoms with E-state index in [4.69, 9.17) is 5.21 Å². The standard InChI is InChI=1S/C18H22N4O3/c1-12-3-5-13(6-4-12)18(2)7-8-22(17(18)24)15(16(23)21-25)9-14-10-19-11-20-14/h3-6,10-11,15,25H,7-9H2,1-2H3,(H,19,20)(H,21,23)/t15-,18?/m1/s1. The van der Waals surface area contributed by atoms with Gasteiger partial charge in [0.15, 0.2) is 0 Å². The molecule has 1 aliphatic rings. The lowest BCUT2D eigenvalue weighted by molar-refractivity contribution is -0.143. The van der Waals surface area contributed by atoms with Crippen LogP contribution in [-0.4, -0.2) is 44.5 Å². The van der Waals surface area contributed by atoms with Gasteiger partial charge < -0.3 is 9.88 Å². The second-order valence-corrected chi connectivity index (χ2v) is 6.72. The van der Waals surface area contributed by atoms with Crippen molar-refractivity contribution in [2.45, 2.75) is 38.1 Å². The number of amides is 2. The molecule has 0 saturated carbocycles. The minimum Gasteiger partial charge on any atom is -0.348 e. The van der Waals surface area contributed by atoms with E-state index >= 15 is 0 Å². The van der Waals surface area contributed by atoms with Gasteiger partial charge in [0.05, 0.1) is 11.7 Å². The topological polar surface area (TPSA) is 98.3 Å². The maximum absolute atomic E-state index is 13.1. The largest absolute Gasteiger partial charge is 0.348 e. The van der Waals surface area contributed by atoms with Crippen LogP contribution >= 0.6 is 0 Å². The van der Waals surface area contributed by atoms with Crippen molar-refractivity contribution < 1.29 is 14.8 Å². The number of H-pyrrole nitrogens is 1. The molecule has 1 unspecified atom stereocenters. The van der Waals surface area contributed by atoms with E-state index in [0.717, 1.165) is 16.8 Å². The molecule has 2 amide bonds. The fraction of sp³-hybridized carbons (Fsp3) is 0.389. The van der Waals surface area contributed by atoms with Crippen LogP contribution in [0.5, 0.6) is 0 Å². The van der Waals surface area contributed by atoms with Gasteiger partial charge in [-0.1, -0.05) is 29.8 Å². The number of carbonyl (C=O) groups excluding carboxylic acids is 2. The van der Waals surface area contributed by atoms with E-state index in [1.165, 1.54) is 6.33 Å². The number of hydrogen-bond donors (Lipinski definition) is 3. The van der Waals surface area contributed by atoms with Crippen LogP contribution in [0.15, 0.2) is 36.8 Å². The second kappa shape index (κ2) is 6.68. The molecule has 0 radical (unpaired) electrons. The predicted molar refractivity (Wildman–Crippen MR) is 90.9 cm³/mol. The Morgan fingerprint density at radius 3 is 2.76 bits per heavy atom. The Kier molecular flexibility index (Phi) is 4.59. The zero-order valence-electron chi connectivity index (χ0n) is 14.3. The van der Waals surface area contributed by atoms with E-state index in [2.05, 4.69) is 9.97 Å². The van der Waals surface area contributed by atoms with Crippen molar-refractivity contribution in [3.63, 3.8) is 0 Å². The van der Waals surface area contributed by atoms with Crippen LogP contribution in [-0.2, 0) is 21.4 Å². The van der Waals surface area contributed by atoms with Gasteiger partial charge in [-0.2, -0.15) is 0 Å². The summed E-state index contributed by atoms with van der Waals surface area (Å²) in [5.74, 6) is -0.708. The van der Waals surface area contributed by atoms with Crippen molar-refractivity contribution in [2.24, 2.45) is 0 Å². The second-order valence-electron chi connectivity index (χ2n) is 6.72. The summed E-state index contributed by atoms with van der Waals surface area (Å²) in [7, 11) is 0. The molecular formula is C18H22N4O3. The Bertz CT molecular complexity index is 757. The van der Waals surface area contributed by atoms with Gasteiger partial charge in [-0.15, -0.1) is 0 Å². The third kappa shape index (κ3) is 3.15. The van der Waals surface area contributed by atoms with Gasteiger partial charge in [-0.25, -0.2) is 10.5 Å². The lowest BCUT2D eigenvalue weighted by atomic mass is 9.81. The van der Waals surface area contributed by atoms with Crippen molar-refractivity contribution >= 4 is 11.8 Å². The van der Waals surface area contributed by atoms with E-state index < -0.39 is 17.4 Å². The number of likely N-dealkylation sites (tertiary alicyclic amines) is 1. The Labute approximate surface area is 146 Å². The number of imidazole rings is 1. The first-order valence-corrected chi connectivity index (χ1v) is 8.25. The molecular weight excluding hydrogens is 320 g/mol. The number of rotatable bonds is 5. The number of aromatic amines is 1. The zero-order chi connectivity index (χ0) is 18.0. The highest BCUT2D eigenvalue weighted by Gasteiger charge is 2.47. The fourth-order valence-electron chi connectivity index (χ4n) is 3.38. The van der Waals surface area contributed by atoms with Gasteiger partial charge in [0.1, 0.15) is 6.04 Å². The van der Waals surface area contributed by atoms with Crippen molar-refractivity contribution in [3.8, 4) is 0 Å². The monoisotopic (exact) mass is 342 g/mol. The minimum absolute atomic E-state index is 0.107. The molecule has 2 atom stereocenters. The molecule has 0 spiro atoms. The molecule has 1 aromatic heterocycles. The van der Waals surface area contributed by atoms with Gasteiger partial charge in [0, 0.05) is 24.9 Å². The number of aromatic nitrogens is 2. The van der Waals surface area contributed by atoms with E-state index in [0.29, 0.717) is 13.0 Å². The Balaban J connectivity index is 1.87. The first kappa shape index (κ1) is 17.2. The highest BCUT2D eigenvalue weighted by atomic mass is 16.5. The summed E-state index contributed by atoms with van der Waals surface area (Å²) in [5.41, 5.74) is 3.81. The van der Waals surface area contributed by atoms with Crippen LogP contribution < -0.4 is 5.48 Å². The lowest BCUT2D eigenvalue weighted by Crippen LogP contribution is -2.50. The lowest BCUT2D eigenvalue weighted by Gasteiger charge is -2.29. The van der Waals surface area contributed by atoms with Crippen LogP contribution in [0.4, 0.5) is 0 Å². The minimum atomic E-state index is -0.787. The summed E-state index contributed by atoms with van der Waals surface area (Å²) in [6.45, 7) is 4.36. The third-order valence-electron chi connectivity index (χ3n) is 5.03. The van der Waals surface area contributed by atoms with Crippen molar-refractivity contribution in [1.29, 1.82) is 0 Å². The highest BCUT2D eigenvalue weighted by molar-refractivity contribution is 5.94. The molecule has 3 N–H and O–H groups in total. The molecule has 25 heavy (non-hydrogen) atoms. The fourth-order valence-corrected chi connectivity index (χ4v) is 3.38. The molecule has 0 aliphatic carbocycles. The van der Waals surface area contributed by atoms with Crippen molar-refractivity contribution in [3.05, 3.63) is 53.6 Å². The number of hydrogen-bond acceptors (Lipinski definition) is 4. The number of nitrogens with one attached hydrogen (secondary N) is 2. The SMILES string of the molecule is Cc1ccc(C2(C)CCN([C@H](Cc3cnc[nH]3)C(=O)NO)C2=O)cc1. The van der Waals surface area contributed by atoms with Crippen LogP contribution in [0.3, 0.4) is 0 Å². The molecule has 2 heterocycles. The molecule has 1 aliphatic heterocycles. The van der Waals surface area contributed by atoms with E-state index in [1.807, 2.05) is 38.1 Å². The maximum atomic E-state index is 13.1.